The standard InChI is InChI=1S/C15H27ClN2O2/c1-5-12(6-2)13(19)17-7-9-18(10-8-17)14(20)15(3,4)11-16/h12H,5-11H2,1-4H3. The molecule has 1 saturated heterocycles. The number of hydrogen-bond acceptors (Lipinski definition) is 2. The van der Waals surface area contributed by atoms with Crippen LogP contribution >= 0.6 is 11.6 Å². The summed E-state index contributed by atoms with van der Waals surface area (Å²) in [6, 6.07) is 0. The number of amides is 2. The van der Waals surface area contributed by atoms with E-state index in [-0.39, 0.29) is 17.7 Å². The molecule has 1 aliphatic heterocycles. The van der Waals surface area contributed by atoms with Crippen molar-refractivity contribution >= 4 is 23.4 Å². The van der Waals surface area contributed by atoms with E-state index in [9.17, 15) is 9.59 Å². The van der Waals surface area contributed by atoms with Gasteiger partial charge in [-0.1, -0.05) is 13.8 Å². The van der Waals surface area contributed by atoms with Crippen LogP contribution in [-0.4, -0.2) is 53.7 Å². The Bertz CT molecular complexity index is 346. The molecule has 0 aromatic rings. The molecule has 0 unspecified atom stereocenters. The first-order valence-corrected chi connectivity index (χ1v) is 8.05. The van der Waals surface area contributed by atoms with Gasteiger partial charge in [0.25, 0.3) is 0 Å². The molecule has 0 radical (unpaired) electrons. The molecule has 0 atom stereocenters. The Balaban J connectivity index is 2.56. The van der Waals surface area contributed by atoms with Crippen LogP contribution in [0.4, 0.5) is 0 Å². The van der Waals surface area contributed by atoms with Crippen LogP contribution < -0.4 is 0 Å². The maximum Gasteiger partial charge on any atom is 0.229 e. The summed E-state index contributed by atoms with van der Waals surface area (Å²) in [5, 5.41) is 0. The highest BCUT2D eigenvalue weighted by molar-refractivity contribution is 6.19. The van der Waals surface area contributed by atoms with E-state index >= 15 is 0 Å². The Morgan fingerprint density at radius 3 is 1.90 bits per heavy atom. The first-order valence-electron chi connectivity index (χ1n) is 7.51. The van der Waals surface area contributed by atoms with Gasteiger partial charge in [-0.3, -0.25) is 9.59 Å². The van der Waals surface area contributed by atoms with Crippen LogP contribution in [0.5, 0.6) is 0 Å². The predicted octanol–water partition coefficient (Wildman–Crippen LogP) is 2.36. The third-order valence-electron chi connectivity index (χ3n) is 4.13. The van der Waals surface area contributed by atoms with Crippen molar-refractivity contribution in [1.82, 2.24) is 9.80 Å². The normalized spacial score (nSPS) is 16.7. The number of hydrogen-bond donors (Lipinski definition) is 0. The largest absolute Gasteiger partial charge is 0.339 e. The van der Waals surface area contributed by atoms with Crippen LogP contribution in [0.3, 0.4) is 0 Å². The molecule has 0 bridgehead atoms. The molecule has 1 fully saturated rings. The van der Waals surface area contributed by atoms with Crippen molar-refractivity contribution in [3.05, 3.63) is 0 Å². The monoisotopic (exact) mass is 302 g/mol. The Labute approximate surface area is 127 Å². The quantitative estimate of drug-likeness (QED) is 0.732. The van der Waals surface area contributed by atoms with E-state index in [0.717, 1.165) is 12.8 Å². The molecule has 1 heterocycles. The highest BCUT2D eigenvalue weighted by Gasteiger charge is 2.34. The van der Waals surface area contributed by atoms with E-state index in [1.54, 1.807) is 0 Å². The van der Waals surface area contributed by atoms with E-state index < -0.39 is 5.41 Å². The van der Waals surface area contributed by atoms with E-state index in [1.807, 2.05) is 23.6 Å². The van der Waals surface area contributed by atoms with Crippen LogP contribution in [0.2, 0.25) is 0 Å². The Morgan fingerprint density at radius 2 is 1.50 bits per heavy atom. The number of alkyl halides is 1. The zero-order valence-corrected chi connectivity index (χ0v) is 13.9. The average Bonchev–Trinajstić information content (AvgIpc) is 2.47. The minimum absolute atomic E-state index is 0.0853. The maximum absolute atomic E-state index is 12.3. The molecule has 2 amide bonds. The molecule has 1 rings (SSSR count). The van der Waals surface area contributed by atoms with Gasteiger partial charge in [0.15, 0.2) is 0 Å². The van der Waals surface area contributed by atoms with Crippen LogP contribution in [0, 0.1) is 11.3 Å². The van der Waals surface area contributed by atoms with Gasteiger partial charge in [-0.25, -0.2) is 0 Å². The molecular weight excluding hydrogens is 276 g/mol. The molecule has 20 heavy (non-hydrogen) atoms. The number of nitrogens with zero attached hydrogens (tertiary/aromatic N) is 2. The first kappa shape index (κ1) is 17.3. The second kappa shape index (κ2) is 7.30. The molecule has 1 aliphatic rings. The summed E-state index contributed by atoms with van der Waals surface area (Å²) in [6.45, 7) is 10.3. The lowest BCUT2D eigenvalue weighted by Crippen LogP contribution is -2.54. The lowest BCUT2D eigenvalue weighted by molar-refractivity contribution is -0.146. The van der Waals surface area contributed by atoms with Crippen LogP contribution in [-0.2, 0) is 9.59 Å². The van der Waals surface area contributed by atoms with E-state index in [2.05, 4.69) is 13.8 Å². The fraction of sp³-hybridized carbons (Fsp3) is 0.867. The number of piperazine rings is 1. The molecule has 0 spiro atoms. The van der Waals surface area contributed by atoms with Gasteiger partial charge in [-0.15, -0.1) is 11.6 Å². The van der Waals surface area contributed by atoms with Crippen molar-refractivity contribution in [1.29, 1.82) is 0 Å². The number of carbonyl (C=O) groups is 2. The lowest BCUT2D eigenvalue weighted by atomic mass is 9.94. The fourth-order valence-corrected chi connectivity index (χ4v) is 2.63. The zero-order chi connectivity index (χ0) is 15.3. The van der Waals surface area contributed by atoms with Gasteiger partial charge in [0.2, 0.25) is 11.8 Å². The molecule has 116 valence electrons. The Kier molecular flexibility index (Phi) is 6.31. The highest BCUT2D eigenvalue weighted by Crippen LogP contribution is 2.22. The summed E-state index contributed by atoms with van der Waals surface area (Å²) < 4.78 is 0. The zero-order valence-electron chi connectivity index (χ0n) is 13.1. The van der Waals surface area contributed by atoms with Crippen molar-refractivity contribution in [2.45, 2.75) is 40.5 Å². The van der Waals surface area contributed by atoms with E-state index in [0.29, 0.717) is 32.1 Å². The van der Waals surface area contributed by atoms with Gasteiger partial charge in [-0.2, -0.15) is 0 Å². The number of rotatable bonds is 5. The summed E-state index contributed by atoms with van der Waals surface area (Å²) in [4.78, 5) is 28.3. The molecule has 0 N–H and O–H groups in total. The van der Waals surface area contributed by atoms with Gasteiger partial charge in [0.05, 0.1) is 5.41 Å². The third-order valence-corrected chi connectivity index (χ3v) is 4.79. The molecule has 0 aromatic carbocycles. The molecule has 0 aromatic heterocycles. The smallest absolute Gasteiger partial charge is 0.229 e. The van der Waals surface area contributed by atoms with Crippen LogP contribution in [0.15, 0.2) is 0 Å². The van der Waals surface area contributed by atoms with Gasteiger partial charge < -0.3 is 9.80 Å². The van der Waals surface area contributed by atoms with Crippen molar-refractivity contribution in [3.8, 4) is 0 Å². The SMILES string of the molecule is CCC(CC)C(=O)N1CCN(C(=O)C(C)(C)CCl)CC1. The van der Waals surface area contributed by atoms with Crippen molar-refractivity contribution in [2.75, 3.05) is 32.1 Å². The predicted molar refractivity (Wildman–Crippen MR) is 81.7 cm³/mol. The van der Waals surface area contributed by atoms with E-state index in [1.165, 1.54) is 0 Å². The Hall–Kier alpha value is -0.770. The van der Waals surface area contributed by atoms with Crippen molar-refractivity contribution in [2.24, 2.45) is 11.3 Å². The topological polar surface area (TPSA) is 40.6 Å². The second-order valence-electron chi connectivity index (χ2n) is 6.15. The third kappa shape index (κ3) is 3.87. The summed E-state index contributed by atoms with van der Waals surface area (Å²) >= 11 is 5.85. The van der Waals surface area contributed by atoms with Gasteiger partial charge >= 0.3 is 0 Å². The van der Waals surface area contributed by atoms with E-state index in [4.69, 9.17) is 11.6 Å². The highest BCUT2D eigenvalue weighted by atomic mass is 35.5. The molecule has 5 heteroatoms. The second-order valence-corrected chi connectivity index (χ2v) is 6.42. The number of carbonyl (C=O) groups excluding carboxylic acids is 2. The average molecular weight is 303 g/mol. The Morgan fingerprint density at radius 1 is 1.05 bits per heavy atom. The van der Waals surface area contributed by atoms with Crippen molar-refractivity contribution < 1.29 is 9.59 Å². The molecular formula is C15H27ClN2O2. The molecule has 0 aliphatic carbocycles. The van der Waals surface area contributed by atoms with Gasteiger partial charge in [-0.05, 0) is 26.7 Å². The minimum atomic E-state index is -0.525. The molecule has 4 nitrogen and oxygen atoms in total. The van der Waals surface area contributed by atoms with Crippen LogP contribution in [0.25, 0.3) is 0 Å². The van der Waals surface area contributed by atoms with Crippen molar-refractivity contribution in [3.63, 3.8) is 0 Å². The van der Waals surface area contributed by atoms with Crippen LogP contribution in [0.1, 0.15) is 40.5 Å². The first-order chi connectivity index (χ1) is 9.37. The maximum atomic E-state index is 12.3. The number of halogens is 1. The summed E-state index contributed by atoms with van der Waals surface area (Å²) in [7, 11) is 0. The van der Waals surface area contributed by atoms with Gasteiger partial charge in [0.1, 0.15) is 0 Å². The summed E-state index contributed by atoms with van der Waals surface area (Å²) in [5.74, 6) is 0.760. The summed E-state index contributed by atoms with van der Waals surface area (Å²) in [5.41, 5.74) is -0.525. The summed E-state index contributed by atoms with van der Waals surface area (Å²) in [6.07, 6.45) is 1.77. The molecule has 0 saturated carbocycles. The minimum Gasteiger partial charge on any atom is -0.339 e. The lowest BCUT2D eigenvalue weighted by Gasteiger charge is -2.39. The fourth-order valence-electron chi connectivity index (χ4n) is 2.51. The van der Waals surface area contributed by atoms with Gasteiger partial charge in [0, 0.05) is 38.0 Å².